The van der Waals surface area contributed by atoms with Crippen LogP contribution in [0.1, 0.15) is 31.1 Å². The molecule has 0 amide bonds. The first-order chi connectivity index (χ1) is 9.21. The summed E-state index contributed by atoms with van der Waals surface area (Å²) in [6.45, 7) is 5.85. The van der Waals surface area contributed by atoms with Crippen molar-refractivity contribution in [3.63, 3.8) is 0 Å². The van der Waals surface area contributed by atoms with Gasteiger partial charge in [-0.1, -0.05) is 59.1 Å². The fraction of sp³-hybridized carbons (Fsp3) is 0.357. The van der Waals surface area contributed by atoms with Crippen LogP contribution >= 0.6 is 34.8 Å². The number of alkyl halides is 3. The van der Waals surface area contributed by atoms with Gasteiger partial charge in [-0.25, -0.2) is 0 Å². The molecule has 2 aromatic rings. The maximum absolute atomic E-state index is 10.2. The van der Waals surface area contributed by atoms with Crippen molar-refractivity contribution in [2.24, 2.45) is 0 Å². The minimum atomic E-state index is -1.45. The van der Waals surface area contributed by atoms with Crippen molar-refractivity contribution in [3.05, 3.63) is 35.5 Å². The van der Waals surface area contributed by atoms with Crippen molar-refractivity contribution < 1.29 is 5.11 Å². The van der Waals surface area contributed by atoms with E-state index in [4.69, 9.17) is 34.8 Å². The Bertz CT molecular complexity index is 613. The summed E-state index contributed by atoms with van der Waals surface area (Å²) >= 11 is 17.5. The van der Waals surface area contributed by atoms with E-state index in [0.29, 0.717) is 11.3 Å². The fourth-order valence-corrected chi connectivity index (χ4v) is 2.40. The molecule has 1 aromatic heterocycles. The van der Waals surface area contributed by atoms with Crippen molar-refractivity contribution in [2.45, 2.75) is 30.6 Å². The van der Waals surface area contributed by atoms with Crippen LogP contribution in [-0.4, -0.2) is 14.9 Å². The van der Waals surface area contributed by atoms with Gasteiger partial charge in [0.1, 0.15) is 5.69 Å². The molecule has 0 fully saturated rings. The van der Waals surface area contributed by atoms with E-state index in [9.17, 15) is 5.11 Å². The highest BCUT2D eigenvalue weighted by Crippen LogP contribution is 2.39. The van der Waals surface area contributed by atoms with E-state index in [2.05, 4.69) is 5.10 Å². The molecule has 0 unspecified atom stereocenters. The highest BCUT2D eigenvalue weighted by molar-refractivity contribution is 6.66. The van der Waals surface area contributed by atoms with Crippen LogP contribution in [0.3, 0.4) is 0 Å². The smallest absolute Gasteiger partial charge is 0.216 e. The van der Waals surface area contributed by atoms with E-state index >= 15 is 0 Å². The SMILES string of the molecule is Cc1c(O)c(-c2ccc(C(Cl)(Cl)Cl)cc2)nn1C(C)C. The van der Waals surface area contributed by atoms with Crippen LogP contribution in [0.15, 0.2) is 24.3 Å². The predicted octanol–water partition coefficient (Wildman–Crippen LogP) is 4.97. The summed E-state index contributed by atoms with van der Waals surface area (Å²) in [4.78, 5) is 0. The zero-order valence-corrected chi connectivity index (χ0v) is 13.6. The molecule has 2 rings (SSSR count). The largest absolute Gasteiger partial charge is 0.504 e. The fourth-order valence-electron chi connectivity index (χ4n) is 2.02. The van der Waals surface area contributed by atoms with E-state index < -0.39 is 3.79 Å². The maximum atomic E-state index is 10.2. The summed E-state index contributed by atoms with van der Waals surface area (Å²) in [5, 5.41) is 14.6. The van der Waals surface area contributed by atoms with E-state index in [1.54, 1.807) is 28.9 Å². The number of benzene rings is 1. The van der Waals surface area contributed by atoms with Gasteiger partial charge in [0.15, 0.2) is 5.75 Å². The van der Waals surface area contributed by atoms with Gasteiger partial charge >= 0.3 is 0 Å². The molecule has 0 aliphatic heterocycles. The van der Waals surface area contributed by atoms with Crippen LogP contribution in [0.4, 0.5) is 0 Å². The van der Waals surface area contributed by atoms with Gasteiger partial charge in [0.05, 0.1) is 5.69 Å². The van der Waals surface area contributed by atoms with Crippen LogP contribution in [-0.2, 0) is 3.79 Å². The van der Waals surface area contributed by atoms with Crippen LogP contribution in [0, 0.1) is 6.92 Å². The second-order valence-electron chi connectivity index (χ2n) is 4.90. The Kier molecular flexibility index (Phi) is 4.24. The summed E-state index contributed by atoms with van der Waals surface area (Å²) < 4.78 is 0.335. The highest BCUT2D eigenvalue weighted by Gasteiger charge is 2.23. The summed E-state index contributed by atoms with van der Waals surface area (Å²) in [6.07, 6.45) is 0. The monoisotopic (exact) mass is 332 g/mol. The van der Waals surface area contributed by atoms with Crippen molar-refractivity contribution >= 4 is 34.8 Å². The van der Waals surface area contributed by atoms with Crippen LogP contribution < -0.4 is 0 Å². The number of hydrogen-bond donors (Lipinski definition) is 1. The van der Waals surface area contributed by atoms with E-state index in [0.717, 1.165) is 11.3 Å². The Morgan fingerprint density at radius 3 is 2.10 bits per heavy atom. The molecule has 0 bridgehead atoms. The molecule has 1 heterocycles. The number of hydrogen-bond acceptors (Lipinski definition) is 2. The van der Waals surface area contributed by atoms with Crippen molar-refractivity contribution in [1.29, 1.82) is 0 Å². The second-order valence-corrected chi connectivity index (χ2v) is 7.18. The quantitative estimate of drug-likeness (QED) is 0.788. The zero-order valence-electron chi connectivity index (χ0n) is 11.4. The molecule has 6 heteroatoms. The molecular formula is C14H15Cl3N2O. The molecule has 0 saturated heterocycles. The Balaban J connectivity index is 2.45. The van der Waals surface area contributed by atoms with E-state index in [1.807, 2.05) is 20.8 Å². The van der Waals surface area contributed by atoms with Gasteiger partial charge in [-0.15, -0.1) is 0 Å². The summed E-state index contributed by atoms with van der Waals surface area (Å²) in [6, 6.07) is 7.17. The zero-order chi connectivity index (χ0) is 15.1. The van der Waals surface area contributed by atoms with Gasteiger partial charge in [0, 0.05) is 17.2 Å². The van der Waals surface area contributed by atoms with Crippen LogP contribution in [0.5, 0.6) is 5.75 Å². The number of nitrogens with zero attached hydrogens (tertiary/aromatic N) is 2. The minimum Gasteiger partial charge on any atom is -0.504 e. The molecule has 1 aromatic carbocycles. The van der Waals surface area contributed by atoms with Gasteiger partial charge in [-0.05, 0) is 20.8 Å². The first kappa shape index (κ1) is 15.5. The molecule has 0 aliphatic carbocycles. The Morgan fingerprint density at radius 2 is 1.70 bits per heavy atom. The van der Waals surface area contributed by atoms with E-state index in [1.165, 1.54) is 0 Å². The topological polar surface area (TPSA) is 38.1 Å². The third-order valence-electron chi connectivity index (χ3n) is 3.09. The van der Waals surface area contributed by atoms with Gasteiger partial charge in [0.25, 0.3) is 0 Å². The summed E-state index contributed by atoms with van der Waals surface area (Å²) in [7, 11) is 0. The Labute approximate surface area is 133 Å². The molecule has 108 valence electrons. The molecule has 0 radical (unpaired) electrons. The van der Waals surface area contributed by atoms with Crippen molar-refractivity contribution in [3.8, 4) is 17.0 Å². The Morgan fingerprint density at radius 1 is 1.15 bits per heavy atom. The third kappa shape index (κ3) is 2.90. The lowest BCUT2D eigenvalue weighted by Gasteiger charge is -2.11. The van der Waals surface area contributed by atoms with Gasteiger partial charge < -0.3 is 5.11 Å². The number of halogens is 3. The average Bonchev–Trinajstić information content (AvgIpc) is 2.66. The minimum absolute atomic E-state index is 0.176. The normalized spacial score (nSPS) is 12.2. The van der Waals surface area contributed by atoms with Gasteiger partial charge in [-0.3, -0.25) is 4.68 Å². The lowest BCUT2D eigenvalue weighted by Crippen LogP contribution is -2.04. The number of rotatable bonds is 2. The molecule has 1 N–H and O–H groups in total. The summed E-state index contributed by atoms with van der Waals surface area (Å²) in [5.41, 5.74) is 2.63. The van der Waals surface area contributed by atoms with Crippen molar-refractivity contribution in [2.75, 3.05) is 0 Å². The van der Waals surface area contributed by atoms with Crippen LogP contribution in [0.2, 0.25) is 0 Å². The molecule has 0 spiro atoms. The molecular weight excluding hydrogens is 319 g/mol. The van der Waals surface area contributed by atoms with Crippen LogP contribution in [0.25, 0.3) is 11.3 Å². The number of aromatic nitrogens is 2. The lowest BCUT2D eigenvalue weighted by atomic mass is 10.1. The first-order valence-electron chi connectivity index (χ1n) is 6.17. The highest BCUT2D eigenvalue weighted by atomic mass is 35.6. The molecule has 20 heavy (non-hydrogen) atoms. The average molecular weight is 334 g/mol. The second kappa shape index (κ2) is 5.47. The lowest BCUT2D eigenvalue weighted by molar-refractivity contribution is 0.461. The standard InChI is InChI=1S/C14H15Cl3N2O/c1-8(2)19-9(3)13(20)12(18-19)10-4-6-11(7-5-10)14(15,16)17/h4-8,20H,1-3H3. The molecule has 3 nitrogen and oxygen atoms in total. The first-order valence-corrected chi connectivity index (χ1v) is 7.31. The van der Waals surface area contributed by atoms with Gasteiger partial charge in [0.2, 0.25) is 3.79 Å². The number of aromatic hydroxyl groups is 1. The van der Waals surface area contributed by atoms with E-state index in [-0.39, 0.29) is 11.8 Å². The third-order valence-corrected chi connectivity index (χ3v) is 3.75. The molecule has 0 aliphatic rings. The van der Waals surface area contributed by atoms with Gasteiger partial charge in [-0.2, -0.15) is 5.10 Å². The predicted molar refractivity (Wildman–Crippen MR) is 83.7 cm³/mol. The summed E-state index contributed by atoms with van der Waals surface area (Å²) in [5.74, 6) is 0.181. The maximum Gasteiger partial charge on any atom is 0.216 e. The van der Waals surface area contributed by atoms with Crippen molar-refractivity contribution in [1.82, 2.24) is 9.78 Å². The molecule has 0 atom stereocenters. The Hall–Kier alpha value is -0.900. The molecule has 0 saturated carbocycles.